The Morgan fingerprint density at radius 2 is 1.88 bits per heavy atom. The molecule has 0 unspecified atom stereocenters. The lowest BCUT2D eigenvalue weighted by molar-refractivity contribution is -0.137. The van der Waals surface area contributed by atoms with E-state index >= 15 is 0 Å². The molecule has 1 fully saturated rings. The summed E-state index contributed by atoms with van der Waals surface area (Å²) in [6, 6.07) is 5.18. The summed E-state index contributed by atoms with van der Waals surface area (Å²) in [5.41, 5.74) is 1.30. The van der Waals surface area contributed by atoms with Gasteiger partial charge in [-0.1, -0.05) is 25.1 Å². The quantitative estimate of drug-likeness (QED) is 0.728. The molecule has 1 nitrogen and oxygen atoms in total. The minimum absolute atomic E-state index is 0.345. The molecule has 1 aromatic carbocycles. The third-order valence-corrected chi connectivity index (χ3v) is 2.86. The number of hydrogen-bond acceptors (Lipinski definition) is 1. The number of rotatable bonds is 1. The monoisotopic (exact) mass is 242 g/mol. The van der Waals surface area contributed by atoms with Gasteiger partial charge in [0.1, 0.15) is 0 Å². The van der Waals surface area contributed by atoms with Crippen LogP contribution in [0.2, 0.25) is 0 Å². The second kappa shape index (κ2) is 4.53. The van der Waals surface area contributed by atoms with Crippen LogP contribution < -0.4 is 0 Å². The molecule has 0 N–H and O–H groups in total. The van der Waals surface area contributed by atoms with Gasteiger partial charge in [0.15, 0.2) is 0 Å². The van der Waals surface area contributed by atoms with Gasteiger partial charge in [0.25, 0.3) is 0 Å². The first-order chi connectivity index (χ1) is 7.97. The van der Waals surface area contributed by atoms with Crippen molar-refractivity contribution >= 4 is 6.08 Å². The van der Waals surface area contributed by atoms with Crippen molar-refractivity contribution in [3.8, 4) is 0 Å². The lowest BCUT2D eigenvalue weighted by Gasteiger charge is -2.07. The lowest BCUT2D eigenvalue weighted by atomic mass is 10.0. The van der Waals surface area contributed by atoms with E-state index in [2.05, 4.69) is 0 Å². The average Bonchev–Trinajstić information content (AvgIpc) is 2.64. The Morgan fingerprint density at radius 1 is 1.24 bits per heavy atom. The van der Waals surface area contributed by atoms with Crippen LogP contribution in [0.3, 0.4) is 0 Å². The summed E-state index contributed by atoms with van der Waals surface area (Å²) in [5.74, 6) is 0.345. The topological polar surface area (TPSA) is 9.23 Å². The third-order valence-electron chi connectivity index (χ3n) is 2.86. The second-order valence-electron chi connectivity index (χ2n) is 4.26. The van der Waals surface area contributed by atoms with Crippen molar-refractivity contribution in [2.45, 2.75) is 13.1 Å². The molecular weight excluding hydrogens is 229 g/mol. The van der Waals surface area contributed by atoms with Gasteiger partial charge in [0.05, 0.1) is 18.8 Å². The van der Waals surface area contributed by atoms with Crippen LogP contribution >= 0.6 is 0 Å². The van der Waals surface area contributed by atoms with Crippen LogP contribution in [0, 0.1) is 5.92 Å². The lowest BCUT2D eigenvalue weighted by Crippen LogP contribution is -2.04. The normalized spacial score (nSPS) is 23.3. The molecule has 1 atom stereocenters. The molecule has 1 aliphatic rings. The highest BCUT2D eigenvalue weighted by atomic mass is 19.4. The fraction of sp³-hybridized carbons (Fsp3) is 0.385. The Bertz CT molecular complexity index is 417. The number of alkyl halides is 3. The Labute approximate surface area is 97.9 Å². The molecule has 1 saturated heterocycles. The highest BCUT2D eigenvalue weighted by Crippen LogP contribution is 2.29. The van der Waals surface area contributed by atoms with Crippen LogP contribution in [-0.4, -0.2) is 13.2 Å². The van der Waals surface area contributed by atoms with Gasteiger partial charge in [-0.2, -0.15) is 13.2 Å². The Kier molecular flexibility index (Phi) is 3.24. The Morgan fingerprint density at radius 3 is 2.35 bits per heavy atom. The molecule has 0 aromatic heterocycles. The summed E-state index contributed by atoms with van der Waals surface area (Å²) in [6.07, 6.45) is -2.37. The fourth-order valence-electron chi connectivity index (χ4n) is 1.77. The molecule has 0 aliphatic carbocycles. The maximum absolute atomic E-state index is 12.4. The van der Waals surface area contributed by atoms with Crippen LogP contribution in [-0.2, 0) is 10.9 Å². The smallest absolute Gasteiger partial charge is 0.376 e. The van der Waals surface area contributed by atoms with E-state index in [1.54, 1.807) is 0 Å². The molecule has 4 heteroatoms. The van der Waals surface area contributed by atoms with Gasteiger partial charge in [-0.25, -0.2) is 0 Å². The van der Waals surface area contributed by atoms with E-state index in [-0.39, 0.29) is 0 Å². The number of ether oxygens (including phenoxy) is 1. The fourth-order valence-corrected chi connectivity index (χ4v) is 1.77. The summed E-state index contributed by atoms with van der Waals surface area (Å²) in [7, 11) is 0. The van der Waals surface area contributed by atoms with Gasteiger partial charge in [-0.05, 0) is 23.3 Å². The van der Waals surface area contributed by atoms with Crippen LogP contribution in [0.15, 0.2) is 29.8 Å². The highest BCUT2D eigenvalue weighted by Gasteiger charge is 2.29. The third kappa shape index (κ3) is 2.88. The highest BCUT2D eigenvalue weighted by molar-refractivity contribution is 5.54. The minimum Gasteiger partial charge on any atom is -0.376 e. The zero-order valence-corrected chi connectivity index (χ0v) is 9.42. The molecule has 0 spiro atoms. The first-order valence-corrected chi connectivity index (χ1v) is 5.42. The maximum Gasteiger partial charge on any atom is 0.416 e. The van der Waals surface area contributed by atoms with E-state index in [9.17, 15) is 13.2 Å². The molecule has 92 valence electrons. The van der Waals surface area contributed by atoms with Crippen molar-refractivity contribution < 1.29 is 17.9 Å². The van der Waals surface area contributed by atoms with Crippen LogP contribution in [0.25, 0.3) is 6.08 Å². The minimum atomic E-state index is -4.27. The van der Waals surface area contributed by atoms with Gasteiger partial charge in [-0.3, -0.25) is 0 Å². The molecule has 2 rings (SSSR count). The molecule has 0 amide bonds. The molecule has 0 bridgehead atoms. The Hall–Kier alpha value is -1.29. The first kappa shape index (κ1) is 12.2. The molecule has 1 aliphatic heterocycles. The van der Waals surface area contributed by atoms with Gasteiger partial charge in [0.2, 0.25) is 0 Å². The zero-order valence-electron chi connectivity index (χ0n) is 9.42. The summed E-state index contributed by atoms with van der Waals surface area (Å²) in [6.45, 7) is 3.30. The number of benzene rings is 1. The molecular formula is C13H13F3O. The molecule has 1 heterocycles. The summed E-state index contributed by atoms with van der Waals surface area (Å²) in [4.78, 5) is 0. The van der Waals surface area contributed by atoms with Gasteiger partial charge in [0, 0.05) is 5.92 Å². The molecule has 17 heavy (non-hydrogen) atoms. The van der Waals surface area contributed by atoms with Gasteiger partial charge < -0.3 is 4.74 Å². The van der Waals surface area contributed by atoms with Crippen molar-refractivity contribution in [2.75, 3.05) is 13.2 Å². The maximum atomic E-state index is 12.4. The number of halogens is 3. The van der Waals surface area contributed by atoms with Crippen LogP contribution in [0.4, 0.5) is 13.2 Å². The SMILES string of the molecule is C[C@@H]1COC/C1=C\c1ccc(C(F)(F)F)cc1. The predicted octanol–water partition coefficient (Wildman–Crippen LogP) is 3.76. The van der Waals surface area contributed by atoms with Crippen molar-refractivity contribution in [3.05, 3.63) is 41.0 Å². The van der Waals surface area contributed by atoms with E-state index in [1.165, 1.54) is 12.1 Å². The first-order valence-electron chi connectivity index (χ1n) is 5.42. The molecule has 1 aromatic rings. The van der Waals surface area contributed by atoms with E-state index in [0.717, 1.165) is 23.3 Å². The average molecular weight is 242 g/mol. The summed E-state index contributed by atoms with van der Waals surface area (Å²) >= 11 is 0. The van der Waals surface area contributed by atoms with E-state index < -0.39 is 11.7 Å². The van der Waals surface area contributed by atoms with E-state index in [4.69, 9.17) is 4.74 Å². The van der Waals surface area contributed by atoms with Crippen molar-refractivity contribution in [1.82, 2.24) is 0 Å². The number of hydrogen-bond donors (Lipinski definition) is 0. The van der Waals surface area contributed by atoms with Crippen molar-refractivity contribution in [1.29, 1.82) is 0 Å². The molecule has 0 saturated carbocycles. The standard InChI is InChI=1S/C13H13F3O/c1-9-7-17-8-11(9)6-10-2-4-12(5-3-10)13(14,15)16/h2-6,9H,7-8H2,1H3/b11-6+/t9-/m1/s1. The largest absolute Gasteiger partial charge is 0.416 e. The second-order valence-corrected chi connectivity index (χ2v) is 4.26. The molecule has 0 radical (unpaired) electrons. The summed E-state index contributed by atoms with van der Waals surface area (Å²) < 4.78 is 42.3. The van der Waals surface area contributed by atoms with E-state index in [0.29, 0.717) is 19.1 Å². The van der Waals surface area contributed by atoms with Crippen LogP contribution in [0.5, 0.6) is 0 Å². The zero-order chi connectivity index (χ0) is 12.5. The van der Waals surface area contributed by atoms with Crippen LogP contribution in [0.1, 0.15) is 18.1 Å². The van der Waals surface area contributed by atoms with Gasteiger partial charge >= 0.3 is 6.18 Å². The predicted molar refractivity (Wildman–Crippen MR) is 59.4 cm³/mol. The van der Waals surface area contributed by atoms with Crippen molar-refractivity contribution in [3.63, 3.8) is 0 Å². The summed E-state index contributed by atoms with van der Waals surface area (Å²) in [5, 5.41) is 0. The van der Waals surface area contributed by atoms with Crippen molar-refractivity contribution in [2.24, 2.45) is 5.92 Å². The Balaban J connectivity index is 2.19. The van der Waals surface area contributed by atoms with E-state index in [1.807, 2.05) is 13.0 Å². The van der Waals surface area contributed by atoms with Gasteiger partial charge in [-0.15, -0.1) is 0 Å².